The zero-order valence-corrected chi connectivity index (χ0v) is 17.4. The number of nitrogens with one attached hydrogen (secondary N) is 1. The van der Waals surface area contributed by atoms with Crippen LogP contribution in [0.1, 0.15) is 12.8 Å². The van der Waals surface area contributed by atoms with Crippen molar-refractivity contribution in [2.75, 3.05) is 84.6 Å². The van der Waals surface area contributed by atoms with Crippen LogP contribution < -0.4 is 15.0 Å². The van der Waals surface area contributed by atoms with Crippen LogP contribution in [0.2, 0.25) is 0 Å². The van der Waals surface area contributed by atoms with E-state index >= 15 is 0 Å². The first-order valence-electron chi connectivity index (χ1n) is 10.4. The summed E-state index contributed by atoms with van der Waals surface area (Å²) < 4.78 is 10.8. The topological polar surface area (TPSA) is 52.6 Å². The highest BCUT2D eigenvalue weighted by atomic mass is 16.5. The first-order chi connectivity index (χ1) is 13.8. The first-order valence-corrected chi connectivity index (χ1v) is 10.4. The predicted octanol–water partition coefficient (Wildman–Crippen LogP) is 1.51. The Morgan fingerprint density at radius 1 is 1.11 bits per heavy atom. The SMILES string of the molecule is CN=C(NCCCCN1CCOCC1)N1CCN(c2cccc(OC)c2)CC1. The van der Waals surface area contributed by atoms with Crippen LogP contribution >= 0.6 is 0 Å². The van der Waals surface area contributed by atoms with Gasteiger partial charge in [-0.25, -0.2) is 0 Å². The highest BCUT2D eigenvalue weighted by Gasteiger charge is 2.20. The number of morpholine rings is 1. The number of hydrogen-bond donors (Lipinski definition) is 1. The molecule has 0 unspecified atom stereocenters. The van der Waals surface area contributed by atoms with Crippen molar-refractivity contribution in [2.24, 2.45) is 4.99 Å². The van der Waals surface area contributed by atoms with Gasteiger partial charge in [0.15, 0.2) is 5.96 Å². The molecule has 28 heavy (non-hydrogen) atoms. The molecule has 0 bridgehead atoms. The molecule has 2 aliphatic heterocycles. The summed E-state index contributed by atoms with van der Waals surface area (Å²) in [6.07, 6.45) is 2.38. The van der Waals surface area contributed by atoms with Gasteiger partial charge in [0.1, 0.15) is 5.75 Å². The van der Waals surface area contributed by atoms with E-state index in [1.54, 1.807) is 7.11 Å². The third-order valence-electron chi connectivity index (χ3n) is 5.50. The number of nitrogens with zero attached hydrogens (tertiary/aromatic N) is 4. The molecule has 2 heterocycles. The molecule has 1 aromatic carbocycles. The maximum Gasteiger partial charge on any atom is 0.193 e. The largest absolute Gasteiger partial charge is 0.497 e. The van der Waals surface area contributed by atoms with E-state index in [9.17, 15) is 0 Å². The third kappa shape index (κ3) is 6.01. The van der Waals surface area contributed by atoms with Gasteiger partial charge < -0.3 is 24.6 Å². The number of unbranched alkanes of at least 4 members (excludes halogenated alkanes) is 1. The van der Waals surface area contributed by atoms with E-state index in [1.807, 2.05) is 13.1 Å². The van der Waals surface area contributed by atoms with Crippen molar-refractivity contribution in [3.8, 4) is 5.75 Å². The van der Waals surface area contributed by atoms with Crippen molar-refractivity contribution in [2.45, 2.75) is 12.8 Å². The third-order valence-corrected chi connectivity index (χ3v) is 5.50. The summed E-state index contributed by atoms with van der Waals surface area (Å²) in [7, 11) is 3.60. The normalized spacial score (nSPS) is 19.0. The monoisotopic (exact) mass is 389 g/mol. The molecular weight excluding hydrogens is 354 g/mol. The van der Waals surface area contributed by atoms with Gasteiger partial charge in [0.05, 0.1) is 20.3 Å². The number of piperazine rings is 1. The molecule has 0 spiro atoms. The summed E-state index contributed by atoms with van der Waals surface area (Å²) >= 11 is 0. The molecule has 2 fully saturated rings. The van der Waals surface area contributed by atoms with Crippen LogP contribution in [0.4, 0.5) is 5.69 Å². The summed E-state index contributed by atoms with van der Waals surface area (Å²) in [5, 5.41) is 3.54. The van der Waals surface area contributed by atoms with Crippen molar-refractivity contribution in [3.05, 3.63) is 24.3 Å². The Labute approximate surface area is 169 Å². The lowest BCUT2D eigenvalue weighted by molar-refractivity contribution is 0.0372. The number of benzene rings is 1. The predicted molar refractivity (Wildman–Crippen MR) is 115 cm³/mol. The number of methoxy groups -OCH3 is 1. The summed E-state index contributed by atoms with van der Waals surface area (Å²) in [5.41, 5.74) is 1.23. The standard InChI is InChI=1S/C21H35N5O2/c1-22-21(23-8-3-4-9-24-14-16-28-17-15-24)26-12-10-25(11-13-26)19-6-5-7-20(18-19)27-2/h5-7,18H,3-4,8-17H2,1-2H3,(H,22,23). The van der Waals surface area contributed by atoms with E-state index in [-0.39, 0.29) is 0 Å². The van der Waals surface area contributed by atoms with E-state index in [1.165, 1.54) is 25.1 Å². The van der Waals surface area contributed by atoms with Gasteiger partial charge in [-0.15, -0.1) is 0 Å². The molecular formula is C21H35N5O2. The Kier molecular flexibility index (Phi) is 8.23. The fourth-order valence-electron chi connectivity index (χ4n) is 3.80. The minimum atomic E-state index is 0.882. The maximum atomic E-state index is 5.40. The number of rotatable bonds is 7. The van der Waals surface area contributed by atoms with Crippen molar-refractivity contribution in [1.82, 2.24) is 15.1 Å². The lowest BCUT2D eigenvalue weighted by Gasteiger charge is -2.37. The van der Waals surface area contributed by atoms with Gasteiger partial charge in [-0.2, -0.15) is 0 Å². The van der Waals surface area contributed by atoms with Crippen LogP contribution in [0.15, 0.2) is 29.3 Å². The van der Waals surface area contributed by atoms with E-state index in [2.05, 4.69) is 43.2 Å². The number of ether oxygens (including phenoxy) is 2. The Balaban J connectivity index is 1.36. The molecule has 156 valence electrons. The Bertz CT molecular complexity index is 611. The van der Waals surface area contributed by atoms with Gasteiger partial charge in [0.2, 0.25) is 0 Å². The van der Waals surface area contributed by atoms with Crippen molar-refractivity contribution >= 4 is 11.6 Å². The maximum absolute atomic E-state index is 5.40. The zero-order chi connectivity index (χ0) is 19.6. The van der Waals surface area contributed by atoms with Gasteiger partial charge >= 0.3 is 0 Å². The fourth-order valence-corrected chi connectivity index (χ4v) is 3.80. The zero-order valence-electron chi connectivity index (χ0n) is 17.4. The number of guanidine groups is 1. The van der Waals surface area contributed by atoms with Crippen LogP contribution in [0, 0.1) is 0 Å². The van der Waals surface area contributed by atoms with E-state index in [0.29, 0.717) is 0 Å². The molecule has 0 saturated carbocycles. The molecule has 3 rings (SSSR count). The lowest BCUT2D eigenvalue weighted by atomic mass is 10.2. The van der Waals surface area contributed by atoms with Gasteiger partial charge in [0, 0.05) is 64.6 Å². The van der Waals surface area contributed by atoms with Crippen molar-refractivity contribution in [3.63, 3.8) is 0 Å². The molecule has 0 aliphatic carbocycles. The van der Waals surface area contributed by atoms with Gasteiger partial charge in [0.25, 0.3) is 0 Å². The van der Waals surface area contributed by atoms with Gasteiger partial charge in [-0.1, -0.05) is 6.07 Å². The number of anilines is 1. The summed E-state index contributed by atoms with van der Waals surface area (Å²) in [6, 6.07) is 8.30. The van der Waals surface area contributed by atoms with Crippen LogP contribution in [0.25, 0.3) is 0 Å². The van der Waals surface area contributed by atoms with E-state index in [4.69, 9.17) is 9.47 Å². The second-order valence-corrected chi connectivity index (χ2v) is 7.31. The quantitative estimate of drug-likeness (QED) is 0.433. The van der Waals surface area contributed by atoms with Crippen LogP contribution in [-0.2, 0) is 4.74 Å². The molecule has 2 aliphatic rings. The van der Waals surface area contributed by atoms with E-state index in [0.717, 1.165) is 70.7 Å². The molecule has 0 radical (unpaired) electrons. The average molecular weight is 390 g/mol. The summed E-state index contributed by atoms with van der Waals surface area (Å²) in [5.74, 6) is 1.94. The average Bonchev–Trinajstić information content (AvgIpc) is 2.77. The second kappa shape index (κ2) is 11.1. The first kappa shape index (κ1) is 20.7. The van der Waals surface area contributed by atoms with Crippen LogP contribution in [0.5, 0.6) is 5.75 Å². The molecule has 7 heteroatoms. The second-order valence-electron chi connectivity index (χ2n) is 7.31. The van der Waals surface area contributed by atoms with Crippen LogP contribution in [0.3, 0.4) is 0 Å². The highest BCUT2D eigenvalue weighted by Crippen LogP contribution is 2.22. The molecule has 1 N–H and O–H groups in total. The molecule has 7 nitrogen and oxygen atoms in total. The molecule has 1 aromatic rings. The van der Waals surface area contributed by atoms with Gasteiger partial charge in [-0.3, -0.25) is 9.89 Å². The van der Waals surface area contributed by atoms with Crippen molar-refractivity contribution in [1.29, 1.82) is 0 Å². The summed E-state index contributed by atoms with van der Waals surface area (Å²) in [4.78, 5) is 11.8. The summed E-state index contributed by atoms with van der Waals surface area (Å²) in [6.45, 7) is 10.00. The number of hydrogen-bond acceptors (Lipinski definition) is 5. The minimum Gasteiger partial charge on any atom is -0.497 e. The molecule has 2 saturated heterocycles. The van der Waals surface area contributed by atoms with E-state index < -0.39 is 0 Å². The Hall–Kier alpha value is -1.99. The fraction of sp³-hybridized carbons (Fsp3) is 0.667. The Morgan fingerprint density at radius 3 is 2.61 bits per heavy atom. The molecule has 0 aromatic heterocycles. The molecule has 0 amide bonds. The van der Waals surface area contributed by atoms with Gasteiger partial charge in [-0.05, 0) is 31.5 Å². The Morgan fingerprint density at radius 2 is 1.89 bits per heavy atom. The van der Waals surface area contributed by atoms with Crippen molar-refractivity contribution < 1.29 is 9.47 Å². The highest BCUT2D eigenvalue weighted by molar-refractivity contribution is 5.80. The molecule has 0 atom stereocenters. The lowest BCUT2D eigenvalue weighted by Crippen LogP contribution is -2.52. The smallest absolute Gasteiger partial charge is 0.193 e. The minimum absolute atomic E-state index is 0.882. The number of aliphatic imine (C=N–C) groups is 1. The van der Waals surface area contributed by atoms with Crippen LogP contribution in [-0.4, -0.2) is 95.5 Å².